The minimum Gasteiger partial charge on any atom is -0.381 e. The smallest absolute Gasteiger partial charge is 0.267 e. The van der Waals surface area contributed by atoms with E-state index in [0.29, 0.717) is 29.9 Å². The quantitative estimate of drug-likeness (QED) is 0.355. The second kappa shape index (κ2) is 12.7. The number of aromatic amines is 1. The fourth-order valence-corrected chi connectivity index (χ4v) is 5.21. The van der Waals surface area contributed by atoms with Gasteiger partial charge in [0.05, 0.1) is 0 Å². The molecule has 0 spiro atoms. The van der Waals surface area contributed by atoms with Gasteiger partial charge in [-0.2, -0.15) is 0 Å². The summed E-state index contributed by atoms with van der Waals surface area (Å²) in [6.45, 7) is 9.39. The predicted octanol–water partition coefficient (Wildman–Crippen LogP) is 3.98. The third-order valence-electron chi connectivity index (χ3n) is 7.38. The molecule has 4 rings (SSSR count). The lowest BCUT2D eigenvalue weighted by Crippen LogP contribution is -2.37. The highest BCUT2D eigenvalue weighted by molar-refractivity contribution is 6.01. The van der Waals surface area contributed by atoms with Crippen LogP contribution < -0.4 is 21.5 Å². The minimum atomic E-state index is -0.609. The molecule has 0 radical (unpaired) electrons. The highest BCUT2D eigenvalue weighted by Gasteiger charge is 2.24. The fraction of sp³-hybridized carbons (Fsp3) is 0.355. The van der Waals surface area contributed by atoms with E-state index in [-0.39, 0.29) is 29.7 Å². The van der Waals surface area contributed by atoms with Crippen molar-refractivity contribution < 1.29 is 14.3 Å². The van der Waals surface area contributed by atoms with Gasteiger partial charge in [0.2, 0.25) is 0 Å². The summed E-state index contributed by atoms with van der Waals surface area (Å²) in [5.41, 5.74) is 11.1. The number of anilines is 1. The molecule has 3 heterocycles. The highest BCUT2D eigenvalue weighted by Crippen LogP contribution is 2.34. The summed E-state index contributed by atoms with van der Waals surface area (Å²) in [5.74, 6) is -0.926. The number of aryl methyl sites for hydroxylation is 2. The van der Waals surface area contributed by atoms with Crippen molar-refractivity contribution in [1.29, 1.82) is 0 Å². The molecular formula is C31H37N5O4. The Kier molecular flexibility index (Phi) is 9.16. The molecule has 0 aliphatic carbocycles. The van der Waals surface area contributed by atoms with Gasteiger partial charge in [-0.3, -0.25) is 19.4 Å². The van der Waals surface area contributed by atoms with Gasteiger partial charge in [0, 0.05) is 72.7 Å². The van der Waals surface area contributed by atoms with E-state index in [1.165, 1.54) is 0 Å². The second-order valence-corrected chi connectivity index (χ2v) is 10.1. The molecular weight excluding hydrogens is 506 g/mol. The number of H-pyrrole nitrogens is 1. The number of rotatable bonds is 10. The summed E-state index contributed by atoms with van der Waals surface area (Å²) in [4.78, 5) is 47.3. The number of nitrogens with one attached hydrogen (secondary N) is 2. The minimum absolute atomic E-state index is 0.102. The van der Waals surface area contributed by atoms with Crippen LogP contribution in [-0.4, -0.2) is 48.1 Å². The molecule has 210 valence electrons. The number of aromatic nitrogens is 2. The molecule has 0 unspecified atom stereocenters. The number of carbonyl (C=O) groups is 2. The maximum atomic E-state index is 13.7. The van der Waals surface area contributed by atoms with Gasteiger partial charge in [0.15, 0.2) is 0 Å². The van der Waals surface area contributed by atoms with Crippen LogP contribution >= 0.6 is 0 Å². The van der Waals surface area contributed by atoms with E-state index in [1.54, 1.807) is 30.5 Å². The number of amides is 2. The molecule has 1 aromatic carbocycles. The summed E-state index contributed by atoms with van der Waals surface area (Å²) in [6.07, 6.45) is 6.63. The number of ether oxygens (including phenoxy) is 1. The van der Waals surface area contributed by atoms with Gasteiger partial charge in [-0.15, -0.1) is 0 Å². The van der Waals surface area contributed by atoms with Crippen molar-refractivity contribution in [2.75, 3.05) is 25.2 Å². The number of hydrogen-bond donors (Lipinski definition) is 3. The number of pyridine rings is 2. The van der Waals surface area contributed by atoms with Crippen molar-refractivity contribution in [3.05, 3.63) is 87.1 Å². The van der Waals surface area contributed by atoms with Crippen LogP contribution in [0.2, 0.25) is 0 Å². The van der Waals surface area contributed by atoms with Crippen LogP contribution in [0.25, 0.3) is 17.2 Å². The van der Waals surface area contributed by atoms with Crippen molar-refractivity contribution in [2.45, 2.75) is 52.1 Å². The maximum Gasteiger partial charge on any atom is 0.267 e. The van der Waals surface area contributed by atoms with Crippen molar-refractivity contribution >= 4 is 23.6 Å². The molecule has 0 atom stereocenters. The number of benzene rings is 1. The largest absolute Gasteiger partial charge is 0.381 e. The van der Waals surface area contributed by atoms with Gasteiger partial charge >= 0.3 is 0 Å². The summed E-state index contributed by atoms with van der Waals surface area (Å²) >= 11 is 0. The van der Waals surface area contributed by atoms with E-state index in [2.05, 4.69) is 33.7 Å². The molecule has 9 nitrogen and oxygen atoms in total. The Labute approximate surface area is 234 Å². The summed E-state index contributed by atoms with van der Waals surface area (Å²) < 4.78 is 5.56. The first kappa shape index (κ1) is 28.8. The second-order valence-electron chi connectivity index (χ2n) is 10.1. The van der Waals surface area contributed by atoms with Gasteiger partial charge in [-0.1, -0.05) is 32.1 Å². The zero-order valence-corrected chi connectivity index (χ0v) is 23.4. The topological polar surface area (TPSA) is 130 Å². The standard InChI is InChI=1S/C31H37N5O4/c1-5-7-20-14-19(3)35-31(39)26(20)18-34-30(38)25-15-22(21-8-9-27(29(32)37)33-17-21)16-28(24(25)6-2)36(4)23-10-12-40-13-11-23/h6,8-9,14-17,23H,2,5,7,10-13,18H2,1,3-4H3,(H2,32,37)(H,34,38)(H,35,39). The van der Waals surface area contributed by atoms with Gasteiger partial charge in [-0.05, 0) is 61.6 Å². The third-order valence-corrected chi connectivity index (χ3v) is 7.38. The average molecular weight is 544 g/mol. The molecule has 1 fully saturated rings. The predicted molar refractivity (Wildman–Crippen MR) is 157 cm³/mol. The molecule has 3 aromatic rings. The highest BCUT2D eigenvalue weighted by atomic mass is 16.5. The number of nitrogens with zero attached hydrogens (tertiary/aromatic N) is 2. The van der Waals surface area contributed by atoms with Crippen molar-refractivity contribution in [1.82, 2.24) is 15.3 Å². The van der Waals surface area contributed by atoms with Crippen LogP contribution in [0.4, 0.5) is 5.69 Å². The maximum absolute atomic E-state index is 13.7. The van der Waals surface area contributed by atoms with Crippen molar-refractivity contribution in [2.24, 2.45) is 5.73 Å². The van der Waals surface area contributed by atoms with E-state index in [9.17, 15) is 14.4 Å². The zero-order chi connectivity index (χ0) is 28.8. The van der Waals surface area contributed by atoms with Crippen molar-refractivity contribution in [3.63, 3.8) is 0 Å². The lowest BCUT2D eigenvalue weighted by Gasteiger charge is -2.34. The molecule has 0 bridgehead atoms. The van der Waals surface area contributed by atoms with Crippen LogP contribution in [0, 0.1) is 6.92 Å². The summed E-state index contributed by atoms with van der Waals surface area (Å²) in [5, 5.41) is 2.98. The molecule has 1 aliphatic rings. The average Bonchev–Trinajstić information content (AvgIpc) is 2.96. The van der Waals surface area contributed by atoms with Crippen LogP contribution in [-0.2, 0) is 17.7 Å². The van der Waals surface area contributed by atoms with Crippen LogP contribution in [0.3, 0.4) is 0 Å². The normalized spacial score (nSPS) is 13.6. The number of primary amides is 1. The Bertz CT molecular complexity index is 1460. The first-order chi connectivity index (χ1) is 19.2. The third kappa shape index (κ3) is 6.31. The first-order valence-electron chi connectivity index (χ1n) is 13.6. The molecule has 40 heavy (non-hydrogen) atoms. The molecule has 1 saturated heterocycles. The SMILES string of the molecule is C=Cc1c(C(=O)NCc2c(CCC)cc(C)[nH]c2=O)cc(-c2ccc(C(N)=O)nc2)cc1N(C)C1CCOCC1. The van der Waals surface area contributed by atoms with Crippen LogP contribution in [0.15, 0.2) is 47.9 Å². The van der Waals surface area contributed by atoms with E-state index in [1.807, 2.05) is 26.1 Å². The lowest BCUT2D eigenvalue weighted by atomic mass is 9.95. The summed E-state index contributed by atoms with van der Waals surface area (Å²) in [6, 6.07) is 9.33. The Balaban J connectivity index is 1.75. The Morgan fingerprint density at radius 1 is 1.23 bits per heavy atom. The first-order valence-corrected chi connectivity index (χ1v) is 13.6. The van der Waals surface area contributed by atoms with Crippen molar-refractivity contribution in [3.8, 4) is 11.1 Å². The van der Waals surface area contributed by atoms with Gasteiger partial charge < -0.3 is 25.7 Å². The van der Waals surface area contributed by atoms with Gasteiger partial charge in [-0.25, -0.2) is 0 Å². The lowest BCUT2D eigenvalue weighted by molar-refractivity contribution is 0.0854. The summed E-state index contributed by atoms with van der Waals surface area (Å²) in [7, 11) is 2.01. The molecule has 0 saturated carbocycles. The monoisotopic (exact) mass is 543 g/mol. The Morgan fingerprint density at radius 2 is 1.98 bits per heavy atom. The van der Waals surface area contributed by atoms with E-state index in [0.717, 1.165) is 53.8 Å². The van der Waals surface area contributed by atoms with Gasteiger partial charge in [0.25, 0.3) is 17.4 Å². The molecule has 9 heteroatoms. The Morgan fingerprint density at radius 3 is 2.60 bits per heavy atom. The fourth-order valence-electron chi connectivity index (χ4n) is 5.21. The number of carbonyl (C=O) groups excluding carboxylic acids is 2. The molecule has 2 amide bonds. The zero-order valence-electron chi connectivity index (χ0n) is 23.4. The van der Waals surface area contributed by atoms with E-state index >= 15 is 0 Å². The Hall–Kier alpha value is -4.24. The van der Waals surface area contributed by atoms with Crippen LogP contribution in [0.1, 0.15) is 69.4 Å². The molecule has 1 aliphatic heterocycles. The number of hydrogen-bond acceptors (Lipinski definition) is 6. The number of nitrogens with two attached hydrogens (primary N) is 1. The van der Waals surface area contributed by atoms with E-state index in [4.69, 9.17) is 10.5 Å². The molecule has 2 aromatic heterocycles. The molecule has 4 N–H and O–H groups in total. The van der Waals surface area contributed by atoms with Crippen LogP contribution in [0.5, 0.6) is 0 Å². The van der Waals surface area contributed by atoms with E-state index < -0.39 is 5.91 Å². The van der Waals surface area contributed by atoms with Gasteiger partial charge in [0.1, 0.15) is 5.69 Å².